The Bertz CT molecular complexity index is 429. The van der Waals surface area contributed by atoms with E-state index in [0.29, 0.717) is 6.42 Å². The molecule has 0 aliphatic heterocycles. The molecule has 4 heteroatoms. The van der Waals surface area contributed by atoms with Crippen molar-refractivity contribution in [3.63, 3.8) is 0 Å². The molecule has 106 valence electrons. The fourth-order valence-corrected chi connectivity index (χ4v) is 2.09. The lowest BCUT2D eigenvalue weighted by Crippen LogP contribution is -2.26. The molecule has 1 rings (SSSR count). The number of anilines is 2. The first kappa shape index (κ1) is 15.5. The quantitative estimate of drug-likeness (QED) is 0.829. The molecule has 1 unspecified atom stereocenters. The highest BCUT2D eigenvalue weighted by atomic mass is 16.1. The van der Waals surface area contributed by atoms with Gasteiger partial charge in [0.05, 0.1) is 0 Å². The number of nitrogens with two attached hydrogens (primary N) is 1. The number of carbonyl (C=O) groups is 1. The van der Waals surface area contributed by atoms with Gasteiger partial charge in [0.25, 0.3) is 0 Å². The van der Waals surface area contributed by atoms with E-state index in [1.807, 2.05) is 37.2 Å². The smallest absolute Gasteiger partial charge is 0.225 e. The monoisotopic (exact) mass is 263 g/mol. The molecule has 0 saturated carbocycles. The van der Waals surface area contributed by atoms with Gasteiger partial charge in [-0.15, -0.1) is 0 Å². The van der Waals surface area contributed by atoms with E-state index in [2.05, 4.69) is 19.2 Å². The predicted octanol–water partition coefficient (Wildman–Crippen LogP) is 2.52. The zero-order chi connectivity index (χ0) is 14.4. The van der Waals surface area contributed by atoms with Crippen LogP contribution in [0.1, 0.15) is 31.7 Å². The average molecular weight is 263 g/mol. The molecular formula is C15H25N3O. The summed E-state index contributed by atoms with van der Waals surface area (Å²) >= 11 is 0. The van der Waals surface area contributed by atoms with Gasteiger partial charge in [0.1, 0.15) is 0 Å². The van der Waals surface area contributed by atoms with Crippen LogP contribution in [-0.4, -0.2) is 26.0 Å². The second-order valence-corrected chi connectivity index (χ2v) is 5.20. The molecule has 1 aromatic rings. The number of amides is 1. The summed E-state index contributed by atoms with van der Waals surface area (Å²) in [5.74, 6) is -0.0190. The third-order valence-electron chi connectivity index (χ3n) is 3.08. The van der Waals surface area contributed by atoms with Crippen LogP contribution in [0.5, 0.6) is 0 Å². The first-order valence-corrected chi connectivity index (χ1v) is 6.77. The van der Waals surface area contributed by atoms with E-state index < -0.39 is 0 Å². The van der Waals surface area contributed by atoms with Crippen LogP contribution in [0, 0.1) is 6.92 Å². The minimum atomic E-state index is -0.0521. The van der Waals surface area contributed by atoms with Gasteiger partial charge in [-0.05, 0) is 31.0 Å². The number of aryl methyl sites for hydroxylation is 1. The number of carbonyl (C=O) groups excluding carboxylic acids is 1. The minimum absolute atomic E-state index is 0.0190. The van der Waals surface area contributed by atoms with Gasteiger partial charge in [0.15, 0.2) is 0 Å². The van der Waals surface area contributed by atoms with Crippen molar-refractivity contribution in [2.24, 2.45) is 5.73 Å². The molecule has 4 nitrogen and oxygen atoms in total. The Balaban J connectivity index is 2.67. The van der Waals surface area contributed by atoms with E-state index >= 15 is 0 Å². The lowest BCUT2D eigenvalue weighted by molar-refractivity contribution is -0.116. The van der Waals surface area contributed by atoms with E-state index in [9.17, 15) is 4.79 Å². The zero-order valence-electron chi connectivity index (χ0n) is 12.4. The Hall–Kier alpha value is -1.55. The van der Waals surface area contributed by atoms with Crippen molar-refractivity contribution in [1.82, 2.24) is 0 Å². The molecule has 0 aliphatic rings. The summed E-state index contributed by atoms with van der Waals surface area (Å²) in [6.07, 6.45) is 2.26. The molecule has 0 aliphatic carbocycles. The Morgan fingerprint density at radius 2 is 2.11 bits per heavy atom. The molecule has 0 saturated heterocycles. The van der Waals surface area contributed by atoms with Crippen LogP contribution < -0.4 is 16.0 Å². The molecule has 0 heterocycles. The van der Waals surface area contributed by atoms with Gasteiger partial charge in [-0.3, -0.25) is 4.79 Å². The first-order valence-electron chi connectivity index (χ1n) is 6.77. The highest BCUT2D eigenvalue weighted by molar-refractivity contribution is 5.91. The van der Waals surface area contributed by atoms with Gasteiger partial charge >= 0.3 is 0 Å². The largest absolute Gasteiger partial charge is 0.377 e. The number of rotatable bonds is 6. The summed E-state index contributed by atoms with van der Waals surface area (Å²) in [5, 5.41) is 2.91. The van der Waals surface area contributed by atoms with E-state index in [1.165, 1.54) is 5.56 Å². The van der Waals surface area contributed by atoms with Crippen molar-refractivity contribution in [2.75, 3.05) is 24.3 Å². The van der Waals surface area contributed by atoms with Gasteiger partial charge in [0.2, 0.25) is 5.91 Å². The fraction of sp³-hybridized carbons (Fsp3) is 0.533. The van der Waals surface area contributed by atoms with Crippen molar-refractivity contribution in [3.05, 3.63) is 23.8 Å². The molecule has 3 N–H and O–H groups in total. The van der Waals surface area contributed by atoms with Crippen LogP contribution in [0.4, 0.5) is 11.4 Å². The summed E-state index contributed by atoms with van der Waals surface area (Å²) in [5.41, 5.74) is 8.99. The summed E-state index contributed by atoms with van der Waals surface area (Å²) in [6.45, 7) is 4.12. The molecule has 0 fully saturated rings. The maximum atomic E-state index is 11.9. The number of nitrogens with zero attached hydrogens (tertiary/aromatic N) is 1. The summed E-state index contributed by atoms with van der Waals surface area (Å²) in [4.78, 5) is 13.9. The van der Waals surface area contributed by atoms with Gasteiger partial charge in [0, 0.05) is 37.9 Å². The number of nitrogens with one attached hydrogen (secondary N) is 1. The van der Waals surface area contributed by atoms with Crippen LogP contribution >= 0.6 is 0 Å². The lowest BCUT2D eigenvalue weighted by atomic mass is 10.1. The van der Waals surface area contributed by atoms with E-state index in [-0.39, 0.29) is 11.9 Å². The molecule has 0 aromatic heterocycles. The molecule has 1 amide bonds. The standard InChI is InChI=1S/C15H25N3O/c1-5-6-12(16)9-15(19)17-13-8-7-11(2)14(10-13)18(3)4/h7-8,10,12H,5-6,9,16H2,1-4H3,(H,17,19). The van der Waals surface area contributed by atoms with E-state index in [4.69, 9.17) is 5.73 Å². The fourth-order valence-electron chi connectivity index (χ4n) is 2.09. The highest BCUT2D eigenvalue weighted by Crippen LogP contribution is 2.22. The Kier molecular flexibility index (Phi) is 5.83. The predicted molar refractivity (Wildman–Crippen MR) is 81.6 cm³/mol. The molecule has 19 heavy (non-hydrogen) atoms. The highest BCUT2D eigenvalue weighted by Gasteiger charge is 2.10. The maximum Gasteiger partial charge on any atom is 0.225 e. The first-order chi connectivity index (χ1) is 8.93. The third kappa shape index (κ3) is 4.91. The van der Waals surface area contributed by atoms with Crippen LogP contribution in [0.2, 0.25) is 0 Å². The van der Waals surface area contributed by atoms with Gasteiger partial charge in [-0.2, -0.15) is 0 Å². The summed E-state index contributed by atoms with van der Waals surface area (Å²) < 4.78 is 0. The minimum Gasteiger partial charge on any atom is -0.377 e. The summed E-state index contributed by atoms with van der Waals surface area (Å²) in [7, 11) is 3.98. The third-order valence-corrected chi connectivity index (χ3v) is 3.08. The second kappa shape index (κ2) is 7.14. The number of benzene rings is 1. The Labute approximate surface area is 116 Å². The topological polar surface area (TPSA) is 58.4 Å². The van der Waals surface area contributed by atoms with Crippen LogP contribution in [0.15, 0.2) is 18.2 Å². The van der Waals surface area contributed by atoms with E-state index in [0.717, 1.165) is 24.2 Å². The van der Waals surface area contributed by atoms with Crippen molar-refractivity contribution in [1.29, 1.82) is 0 Å². The van der Waals surface area contributed by atoms with Crippen molar-refractivity contribution in [3.8, 4) is 0 Å². The summed E-state index contributed by atoms with van der Waals surface area (Å²) in [6, 6.07) is 5.87. The maximum absolute atomic E-state index is 11.9. The normalized spacial score (nSPS) is 12.1. The molecule has 0 bridgehead atoms. The Morgan fingerprint density at radius 3 is 2.68 bits per heavy atom. The van der Waals surface area contributed by atoms with Crippen molar-refractivity contribution in [2.45, 2.75) is 39.2 Å². The van der Waals surface area contributed by atoms with Gasteiger partial charge in [-0.1, -0.05) is 19.4 Å². The average Bonchev–Trinajstić information content (AvgIpc) is 2.31. The second-order valence-electron chi connectivity index (χ2n) is 5.20. The van der Waals surface area contributed by atoms with Gasteiger partial charge < -0.3 is 16.0 Å². The van der Waals surface area contributed by atoms with Crippen molar-refractivity contribution < 1.29 is 4.79 Å². The molecule has 1 aromatic carbocycles. The molecule has 0 radical (unpaired) electrons. The van der Waals surface area contributed by atoms with Crippen LogP contribution in [0.25, 0.3) is 0 Å². The molecular weight excluding hydrogens is 238 g/mol. The Morgan fingerprint density at radius 1 is 1.42 bits per heavy atom. The van der Waals surface area contributed by atoms with Gasteiger partial charge in [-0.25, -0.2) is 0 Å². The zero-order valence-corrected chi connectivity index (χ0v) is 12.4. The number of hydrogen-bond acceptors (Lipinski definition) is 3. The van der Waals surface area contributed by atoms with E-state index in [1.54, 1.807) is 0 Å². The molecule has 0 spiro atoms. The van der Waals surface area contributed by atoms with Crippen molar-refractivity contribution >= 4 is 17.3 Å². The lowest BCUT2D eigenvalue weighted by Gasteiger charge is -2.17. The van der Waals surface area contributed by atoms with Crippen LogP contribution in [-0.2, 0) is 4.79 Å². The SMILES string of the molecule is CCCC(N)CC(=O)Nc1ccc(C)c(N(C)C)c1. The van der Waals surface area contributed by atoms with Crippen LogP contribution in [0.3, 0.4) is 0 Å². The number of hydrogen-bond donors (Lipinski definition) is 2. The molecule has 1 atom stereocenters.